The largest absolute Gasteiger partial charge is 0.271 e. The lowest BCUT2D eigenvalue weighted by atomic mass is 10.0. The van der Waals surface area contributed by atoms with Crippen molar-refractivity contribution in [1.29, 1.82) is 0 Å². The highest BCUT2D eigenvalue weighted by Gasteiger charge is 2.25. The summed E-state index contributed by atoms with van der Waals surface area (Å²) in [6.07, 6.45) is 3.62. The van der Waals surface area contributed by atoms with E-state index in [-0.39, 0.29) is 11.9 Å². The van der Waals surface area contributed by atoms with Gasteiger partial charge in [0.05, 0.1) is 4.47 Å². The Bertz CT molecular complexity index is 352. The van der Waals surface area contributed by atoms with Crippen molar-refractivity contribution in [2.75, 3.05) is 0 Å². The van der Waals surface area contributed by atoms with Crippen LogP contribution in [0, 0.1) is 11.7 Å². The van der Waals surface area contributed by atoms with E-state index >= 15 is 0 Å². The second kappa shape index (κ2) is 4.60. The number of halogens is 2. The van der Waals surface area contributed by atoms with Gasteiger partial charge in [0.2, 0.25) is 0 Å². The van der Waals surface area contributed by atoms with E-state index in [0.717, 1.165) is 17.9 Å². The molecule has 1 aromatic carbocycles. The number of nitrogens with two attached hydrogens (primary N) is 1. The molecule has 3 N–H and O–H groups in total. The van der Waals surface area contributed by atoms with Gasteiger partial charge in [-0.3, -0.25) is 11.3 Å². The predicted molar refractivity (Wildman–Crippen MR) is 61.5 cm³/mol. The van der Waals surface area contributed by atoms with Crippen LogP contribution in [0.25, 0.3) is 0 Å². The van der Waals surface area contributed by atoms with Crippen molar-refractivity contribution in [1.82, 2.24) is 5.43 Å². The number of rotatable bonds is 4. The zero-order chi connectivity index (χ0) is 10.8. The number of hydrogen-bond donors (Lipinski definition) is 2. The molecule has 0 radical (unpaired) electrons. The van der Waals surface area contributed by atoms with Gasteiger partial charge >= 0.3 is 0 Å². The molecule has 1 saturated carbocycles. The fourth-order valence-electron chi connectivity index (χ4n) is 1.72. The van der Waals surface area contributed by atoms with Gasteiger partial charge in [-0.25, -0.2) is 4.39 Å². The van der Waals surface area contributed by atoms with Crippen LogP contribution in [0.15, 0.2) is 22.7 Å². The first-order valence-corrected chi connectivity index (χ1v) is 5.91. The van der Waals surface area contributed by atoms with Gasteiger partial charge < -0.3 is 0 Å². The third kappa shape index (κ3) is 2.77. The highest BCUT2D eigenvalue weighted by molar-refractivity contribution is 9.10. The van der Waals surface area contributed by atoms with E-state index in [4.69, 9.17) is 5.84 Å². The summed E-state index contributed by atoms with van der Waals surface area (Å²) in [7, 11) is 0. The summed E-state index contributed by atoms with van der Waals surface area (Å²) in [6.45, 7) is 0. The van der Waals surface area contributed by atoms with Gasteiger partial charge in [0.1, 0.15) is 5.82 Å². The van der Waals surface area contributed by atoms with Gasteiger partial charge in [0.15, 0.2) is 0 Å². The summed E-state index contributed by atoms with van der Waals surface area (Å²) >= 11 is 3.18. The molecular formula is C11H14BrFN2. The first-order valence-electron chi connectivity index (χ1n) is 5.12. The van der Waals surface area contributed by atoms with Crippen LogP contribution in [0.1, 0.15) is 30.9 Å². The summed E-state index contributed by atoms with van der Waals surface area (Å²) in [5.74, 6) is 6.06. The Kier molecular flexibility index (Phi) is 3.38. The van der Waals surface area contributed by atoms with E-state index < -0.39 is 0 Å². The highest BCUT2D eigenvalue weighted by atomic mass is 79.9. The normalized spacial score (nSPS) is 17.8. The maximum absolute atomic E-state index is 13.0. The van der Waals surface area contributed by atoms with Gasteiger partial charge in [-0.1, -0.05) is 18.9 Å². The molecule has 0 aliphatic heterocycles. The first kappa shape index (κ1) is 11.0. The zero-order valence-electron chi connectivity index (χ0n) is 8.34. The molecule has 1 atom stereocenters. The van der Waals surface area contributed by atoms with Crippen molar-refractivity contribution in [3.8, 4) is 0 Å². The molecule has 4 heteroatoms. The third-order valence-corrected chi connectivity index (χ3v) is 3.42. The Hall–Kier alpha value is -0.450. The molecule has 1 fully saturated rings. The van der Waals surface area contributed by atoms with Crippen molar-refractivity contribution in [2.24, 2.45) is 11.8 Å². The predicted octanol–water partition coefficient (Wildman–Crippen LogP) is 2.89. The molecule has 1 unspecified atom stereocenters. The molecule has 2 rings (SSSR count). The van der Waals surface area contributed by atoms with Gasteiger partial charge in [-0.15, -0.1) is 0 Å². The summed E-state index contributed by atoms with van der Waals surface area (Å²) in [6, 6.07) is 5.18. The Balaban J connectivity index is 2.13. The standard InChI is InChI=1S/C11H14BrFN2/c12-9-6-8(3-4-10(9)13)11(15-14)5-7-1-2-7/h3-4,6-7,11,15H,1-2,5,14H2. The van der Waals surface area contributed by atoms with Crippen LogP contribution < -0.4 is 11.3 Å². The molecule has 0 heterocycles. The summed E-state index contributed by atoms with van der Waals surface area (Å²) < 4.78 is 13.5. The summed E-state index contributed by atoms with van der Waals surface area (Å²) in [4.78, 5) is 0. The molecule has 1 aliphatic carbocycles. The molecule has 0 bridgehead atoms. The van der Waals surface area contributed by atoms with Crippen LogP contribution in [-0.2, 0) is 0 Å². The Morgan fingerprint density at radius 2 is 2.27 bits per heavy atom. The molecular weight excluding hydrogens is 259 g/mol. The average molecular weight is 273 g/mol. The van der Waals surface area contributed by atoms with E-state index in [1.54, 1.807) is 12.1 Å². The van der Waals surface area contributed by atoms with E-state index in [1.807, 2.05) is 0 Å². The lowest BCUT2D eigenvalue weighted by Gasteiger charge is -2.16. The lowest BCUT2D eigenvalue weighted by Crippen LogP contribution is -2.28. The van der Waals surface area contributed by atoms with Crippen molar-refractivity contribution >= 4 is 15.9 Å². The molecule has 0 spiro atoms. The Morgan fingerprint density at radius 1 is 1.53 bits per heavy atom. The molecule has 15 heavy (non-hydrogen) atoms. The molecule has 0 aromatic heterocycles. The molecule has 82 valence electrons. The maximum atomic E-state index is 13.0. The number of hydrazine groups is 1. The second-order valence-corrected chi connectivity index (χ2v) is 4.93. The quantitative estimate of drug-likeness (QED) is 0.654. The fourth-order valence-corrected chi connectivity index (χ4v) is 2.11. The first-order chi connectivity index (χ1) is 7.20. The number of hydrogen-bond acceptors (Lipinski definition) is 2. The van der Waals surface area contributed by atoms with E-state index in [0.29, 0.717) is 4.47 Å². The number of nitrogens with one attached hydrogen (secondary N) is 1. The number of benzene rings is 1. The van der Waals surface area contributed by atoms with Crippen molar-refractivity contribution in [3.63, 3.8) is 0 Å². The van der Waals surface area contributed by atoms with Crippen LogP contribution in [0.4, 0.5) is 4.39 Å². The summed E-state index contributed by atoms with van der Waals surface area (Å²) in [5, 5.41) is 0. The topological polar surface area (TPSA) is 38.0 Å². The maximum Gasteiger partial charge on any atom is 0.137 e. The van der Waals surface area contributed by atoms with Gasteiger partial charge in [0, 0.05) is 6.04 Å². The van der Waals surface area contributed by atoms with Crippen LogP contribution in [0.2, 0.25) is 0 Å². The van der Waals surface area contributed by atoms with E-state index in [9.17, 15) is 4.39 Å². The third-order valence-electron chi connectivity index (χ3n) is 2.81. The second-order valence-electron chi connectivity index (χ2n) is 4.07. The molecule has 1 aromatic rings. The molecule has 1 aliphatic rings. The SMILES string of the molecule is NNC(CC1CC1)c1ccc(F)c(Br)c1. The van der Waals surface area contributed by atoms with E-state index in [2.05, 4.69) is 21.4 Å². The van der Waals surface area contributed by atoms with Crippen LogP contribution >= 0.6 is 15.9 Å². The van der Waals surface area contributed by atoms with Gasteiger partial charge in [-0.2, -0.15) is 0 Å². The van der Waals surface area contributed by atoms with Gasteiger partial charge in [-0.05, 0) is 46.0 Å². The molecule has 2 nitrogen and oxygen atoms in total. The van der Waals surface area contributed by atoms with Crippen LogP contribution in [0.3, 0.4) is 0 Å². The average Bonchev–Trinajstić information content (AvgIpc) is 3.02. The Morgan fingerprint density at radius 3 is 2.80 bits per heavy atom. The monoisotopic (exact) mass is 272 g/mol. The Labute approximate surface area is 97.1 Å². The minimum absolute atomic E-state index is 0.134. The van der Waals surface area contributed by atoms with Crippen LogP contribution in [-0.4, -0.2) is 0 Å². The zero-order valence-corrected chi connectivity index (χ0v) is 9.93. The minimum Gasteiger partial charge on any atom is -0.271 e. The minimum atomic E-state index is -0.235. The smallest absolute Gasteiger partial charge is 0.137 e. The van der Waals surface area contributed by atoms with Crippen molar-refractivity contribution in [3.05, 3.63) is 34.1 Å². The lowest BCUT2D eigenvalue weighted by molar-refractivity contribution is 0.486. The molecule has 0 amide bonds. The van der Waals surface area contributed by atoms with E-state index in [1.165, 1.54) is 18.9 Å². The highest BCUT2D eigenvalue weighted by Crippen LogP contribution is 2.37. The van der Waals surface area contributed by atoms with Crippen molar-refractivity contribution in [2.45, 2.75) is 25.3 Å². The fraction of sp³-hybridized carbons (Fsp3) is 0.455. The van der Waals surface area contributed by atoms with Gasteiger partial charge in [0.25, 0.3) is 0 Å². The summed E-state index contributed by atoms with van der Waals surface area (Å²) in [5.41, 5.74) is 3.83. The van der Waals surface area contributed by atoms with Crippen molar-refractivity contribution < 1.29 is 4.39 Å². The van der Waals surface area contributed by atoms with Crippen LogP contribution in [0.5, 0.6) is 0 Å². The molecule has 0 saturated heterocycles.